The second-order valence-corrected chi connectivity index (χ2v) is 10.2. The molecule has 1 atom stereocenters. The molecular formula is C28H24N2O6S2. The minimum absolute atomic E-state index is 0.00742. The SMILES string of the molecule is CCC(CC(=O)Nc1scc(-c2ccccc2)c1C(=O)O)C(=O)Nc1scc(-c2ccccc2)c1C(=O)O. The van der Waals surface area contributed by atoms with Crippen molar-refractivity contribution in [3.8, 4) is 22.3 Å². The van der Waals surface area contributed by atoms with E-state index in [4.69, 9.17) is 0 Å². The maximum atomic E-state index is 13.0. The normalized spacial score (nSPS) is 11.5. The highest BCUT2D eigenvalue weighted by molar-refractivity contribution is 7.15. The molecule has 4 aromatic rings. The predicted octanol–water partition coefficient (Wildman–Crippen LogP) is 6.53. The van der Waals surface area contributed by atoms with Gasteiger partial charge in [0.15, 0.2) is 0 Å². The Morgan fingerprint density at radius 2 is 1.18 bits per heavy atom. The van der Waals surface area contributed by atoms with Crippen LogP contribution in [0.2, 0.25) is 0 Å². The number of carboxylic acid groups (broad SMARTS) is 2. The number of benzene rings is 2. The van der Waals surface area contributed by atoms with Crippen molar-refractivity contribution in [3.63, 3.8) is 0 Å². The summed E-state index contributed by atoms with van der Waals surface area (Å²) in [4.78, 5) is 49.9. The van der Waals surface area contributed by atoms with Gasteiger partial charge in [0.2, 0.25) is 11.8 Å². The van der Waals surface area contributed by atoms with Gasteiger partial charge in [-0.1, -0.05) is 67.6 Å². The summed E-state index contributed by atoms with van der Waals surface area (Å²) in [6.07, 6.45) is 0.128. The zero-order valence-electron chi connectivity index (χ0n) is 20.3. The van der Waals surface area contributed by atoms with Gasteiger partial charge in [0.05, 0.1) is 0 Å². The number of hydrogen-bond acceptors (Lipinski definition) is 6. The number of carboxylic acids is 2. The average molecular weight is 549 g/mol. The second-order valence-electron chi connectivity index (χ2n) is 8.40. The van der Waals surface area contributed by atoms with Gasteiger partial charge in [-0.25, -0.2) is 9.59 Å². The molecule has 4 N–H and O–H groups in total. The molecule has 0 aliphatic heterocycles. The van der Waals surface area contributed by atoms with E-state index in [1.807, 2.05) is 12.1 Å². The summed E-state index contributed by atoms with van der Waals surface area (Å²) in [7, 11) is 0. The largest absolute Gasteiger partial charge is 0.478 e. The highest BCUT2D eigenvalue weighted by Crippen LogP contribution is 2.37. The zero-order valence-corrected chi connectivity index (χ0v) is 21.9. The van der Waals surface area contributed by atoms with Gasteiger partial charge in [0.1, 0.15) is 21.1 Å². The Morgan fingerprint density at radius 1 is 0.737 bits per heavy atom. The average Bonchev–Trinajstić information content (AvgIpc) is 3.52. The van der Waals surface area contributed by atoms with Gasteiger partial charge in [-0.05, 0) is 17.5 Å². The van der Waals surface area contributed by atoms with E-state index in [0.717, 1.165) is 22.7 Å². The predicted molar refractivity (Wildman–Crippen MR) is 149 cm³/mol. The Bertz CT molecular complexity index is 1480. The number of amides is 2. The fourth-order valence-corrected chi connectivity index (χ4v) is 5.96. The Kier molecular flexibility index (Phi) is 8.35. The van der Waals surface area contributed by atoms with Crippen LogP contribution in [0.4, 0.5) is 10.0 Å². The number of carbonyl (C=O) groups is 4. The lowest BCUT2D eigenvalue weighted by Gasteiger charge is -2.15. The molecule has 2 heterocycles. The van der Waals surface area contributed by atoms with Crippen molar-refractivity contribution in [2.24, 2.45) is 5.92 Å². The lowest BCUT2D eigenvalue weighted by molar-refractivity contribution is -0.125. The Labute approximate surface area is 226 Å². The van der Waals surface area contributed by atoms with Crippen LogP contribution in [0.1, 0.15) is 40.5 Å². The fourth-order valence-electron chi connectivity index (χ4n) is 4.02. The van der Waals surface area contributed by atoms with Crippen LogP contribution in [0, 0.1) is 5.92 Å². The van der Waals surface area contributed by atoms with Crippen molar-refractivity contribution in [1.29, 1.82) is 0 Å². The Morgan fingerprint density at radius 3 is 1.61 bits per heavy atom. The molecule has 4 rings (SSSR count). The number of hydrogen-bond donors (Lipinski definition) is 4. The molecule has 194 valence electrons. The molecule has 0 fully saturated rings. The third kappa shape index (κ3) is 5.82. The minimum atomic E-state index is -1.17. The van der Waals surface area contributed by atoms with Crippen molar-refractivity contribution in [3.05, 3.63) is 82.6 Å². The van der Waals surface area contributed by atoms with Crippen molar-refractivity contribution >= 4 is 56.4 Å². The topological polar surface area (TPSA) is 133 Å². The molecular weight excluding hydrogens is 524 g/mol. The van der Waals surface area contributed by atoms with E-state index < -0.39 is 29.7 Å². The zero-order chi connectivity index (χ0) is 27.2. The molecule has 10 heteroatoms. The van der Waals surface area contributed by atoms with E-state index in [-0.39, 0.29) is 27.5 Å². The molecule has 8 nitrogen and oxygen atoms in total. The van der Waals surface area contributed by atoms with Crippen LogP contribution in [0.15, 0.2) is 71.4 Å². The monoisotopic (exact) mass is 548 g/mol. The number of thiophene rings is 2. The van der Waals surface area contributed by atoms with Gasteiger partial charge in [-0.3, -0.25) is 9.59 Å². The number of aromatic carboxylic acids is 2. The van der Waals surface area contributed by atoms with Gasteiger partial charge in [-0.2, -0.15) is 0 Å². The highest BCUT2D eigenvalue weighted by atomic mass is 32.1. The summed E-state index contributed by atoms with van der Waals surface area (Å²) in [5.41, 5.74) is 2.41. The molecule has 0 spiro atoms. The van der Waals surface area contributed by atoms with Crippen LogP contribution in [0.3, 0.4) is 0 Å². The standard InChI is InChI=1S/C28H24N2O6S2/c1-2-16(24(32)30-26-23(28(35)36)20(15-38-26)18-11-7-4-8-12-18)13-21(31)29-25-22(27(33)34)19(14-37-25)17-9-5-3-6-10-17/h3-12,14-16H,2,13H2,1H3,(H,29,31)(H,30,32)(H,33,34)(H,35,36). The van der Waals surface area contributed by atoms with E-state index in [1.165, 1.54) is 0 Å². The van der Waals surface area contributed by atoms with Crippen LogP contribution in [0.5, 0.6) is 0 Å². The molecule has 0 saturated heterocycles. The van der Waals surface area contributed by atoms with Crippen molar-refractivity contribution in [2.75, 3.05) is 10.6 Å². The first kappa shape index (κ1) is 26.8. The lowest BCUT2D eigenvalue weighted by atomic mass is 10.00. The van der Waals surface area contributed by atoms with Crippen molar-refractivity contribution in [1.82, 2.24) is 0 Å². The third-order valence-corrected chi connectivity index (χ3v) is 7.76. The Balaban J connectivity index is 1.49. The van der Waals surface area contributed by atoms with E-state index >= 15 is 0 Å². The molecule has 0 aliphatic carbocycles. The summed E-state index contributed by atoms with van der Waals surface area (Å²) in [5.74, 6) is -4.08. The molecule has 38 heavy (non-hydrogen) atoms. The molecule has 2 amide bonds. The van der Waals surface area contributed by atoms with E-state index in [1.54, 1.807) is 66.2 Å². The summed E-state index contributed by atoms with van der Waals surface area (Å²) < 4.78 is 0. The van der Waals surface area contributed by atoms with Gasteiger partial charge in [0.25, 0.3) is 0 Å². The van der Waals surface area contributed by atoms with E-state index in [9.17, 15) is 29.4 Å². The first-order valence-corrected chi connectivity index (χ1v) is 13.5. The fraction of sp³-hybridized carbons (Fsp3) is 0.143. The summed E-state index contributed by atoms with van der Waals surface area (Å²) in [6, 6.07) is 18.0. The third-order valence-electron chi connectivity index (χ3n) is 5.96. The molecule has 0 bridgehead atoms. The molecule has 1 unspecified atom stereocenters. The first-order valence-electron chi connectivity index (χ1n) is 11.7. The van der Waals surface area contributed by atoms with Crippen LogP contribution >= 0.6 is 22.7 Å². The second kappa shape index (κ2) is 11.8. The maximum absolute atomic E-state index is 13.0. The van der Waals surface area contributed by atoms with E-state index in [0.29, 0.717) is 28.7 Å². The molecule has 0 aliphatic rings. The molecule has 0 saturated carbocycles. The van der Waals surface area contributed by atoms with E-state index in [2.05, 4.69) is 10.6 Å². The quantitative estimate of drug-likeness (QED) is 0.178. The highest BCUT2D eigenvalue weighted by Gasteiger charge is 2.27. The summed E-state index contributed by atoms with van der Waals surface area (Å²) >= 11 is 2.21. The van der Waals surface area contributed by atoms with Crippen molar-refractivity contribution in [2.45, 2.75) is 19.8 Å². The summed E-state index contributed by atoms with van der Waals surface area (Å²) in [6.45, 7) is 1.75. The van der Waals surface area contributed by atoms with Crippen LogP contribution in [0.25, 0.3) is 22.3 Å². The summed E-state index contributed by atoms with van der Waals surface area (Å²) in [5, 5.41) is 28.7. The van der Waals surface area contributed by atoms with Crippen LogP contribution < -0.4 is 10.6 Å². The number of anilines is 2. The lowest BCUT2D eigenvalue weighted by Crippen LogP contribution is -2.27. The van der Waals surface area contributed by atoms with Gasteiger partial charge < -0.3 is 20.8 Å². The van der Waals surface area contributed by atoms with Gasteiger partial charge >= 0.3 is 11.9 Å². The Hall–Kier alpha value is -4.28. The minimum Gasteiger partial charge on any atom is -0.478 e. The van der Waals surface area contributed by atoms with Crippen LogP contribution in [-0.2, 0) is 9.59 Å². The first-order chi connectivity index (χ1) is 18.3. The molecule has 0 radical (unpaired) electrons. The number of nitrogens with one attached hydrogen (secondary N) is 2. The van der Waals surface area contributed by atoms with Crippen molar-refractivity contribution < 1.29 is 29.4 Å². The smallest absolute Gasteiger partial charge is 0.339 e. The van der Waals surface area contributed by atoms with Gasteiger partial charge in [-0.15, -0.1) is 22.7 Å². The number of carbonyl (C=O) groups excluding carboxylic acids is 2. The maximum Gasteiger partial charge on any atom is 0.339 e. The number of rotatable bonds is 10. The van der Waals surface area contributed by atoms with Gasteiger partial charge in [0, 0.05) is 34.2 Å². The molecule has 2 aromatic heterocycles. The van der Waals surface area contributed by atoms with Crippen LogP contribution in [-0.4, -0.2) is 34.0 Å². The molecule has 2 aromatic carbocycles.